The molecule has 0 aliphatic rings. The fourth-order valence-electron chi connectivity index (χ4n) is 1.62. The zero-order chi connectivity index (χ0) is 13.8. The zero-order valence-corrected chi connectivity index (χ0v) is 10.2. The monoisotopic (exact) mass is 284 g/mol. The van der Waals surface area contributed by atoms with Gasteiger partial charge in [0, 0.05) is 23.0 Å². The second-order valence-corrected chi connectivity index (χ2v) is 4.33. The topological polar surface area (TPSA) is 38.0 Å². The summed E-state index contributed by atoms with van der Waals surface area (Å²) in [5.74, 6) is 4.69. The van der Waals surface area contributed by atoms with Crippen LogP contribution in [0.15, 0.2) is 18.2 Å². The van der Waals surface area contributed by atoms with E-state index in [2.05, 4.69) is 5.43 Å². The highest BCUT2D eigenvalue weighted by atomic mass is 35.5. The fraction of sp³-hybridized carbons (Fsp3) is 0.455. The Kier molecular flexibility index (Phi) is 5.37. The first-order valence-corrected chi connectivity index (χ1v) is 5.69. The molecule has 1 aromatic carbocycles. The maximum atomic E-state index is 13.5. The summed E-state index contributed by atoms with van der Waals surface area (Å²) in [4.78, 5) is 0. The van der Waals surface area contributed by atoms with Crippen molar-refractivity contribution in [2.24, 2.45) is 5.84 Å². The van der Waals surface area contributed by atoms with Gasteiger partial charge in [0.05, 0.1) is 0 Å². The van der Waals surface area contributed by atoms with Crippen molar-refractivity contribution in [2.75, 3.05) is 0 Å². The molecule has 1 rings (SSSR count). The number of benzene rings is 1. The molecule has 0 saturated heterocycles. The molecule has 0 fully saturated rings. The van der Waals surface area contributed by atoms with E-state index in [1.165, 1.54) is 12.1 Å². The third-order valence-corrected chi connectivity index (χ3v) is 2.72. The number of halogens is 5. The Labute approximate surface area is 107 Å². The highest BCUT2D eigenvalue weighted by Crippen LogP contribution is 2.28. The van der Waals surface area contributed by atoms with E-state index in [-0.39, 0.29) is 18.4 Å². The molecule has 0 amide bonds. The number of nitrogens with two attached hydrogens (primary N) is 1. The van der Waals surface area contributed by atoms with Gasteiger partial charge in [-0.1, -0.05) is 11.6 Å². The van der Waals surface area contributed by atoms with E-state index < -0.39 is 24.5 Å². The minimum atomic E-state index is -4.22. The molecule has 0 bridgehead atoms. The SMILES string of the molecule is NNC(CCCC(F)(F)F)c1cc(Cl)ccc1F. The lowest BCUT2D eigenvalue weighted by molar-refractivity contribution is -0.135. The summed E-state index contributed by atoms with van der Waals surface area (Å²) >= 11 is 5.71. The lowest BCUT2D eigenvalue weighted by Crippen LogP contribution is -2.29. The smallest absolute Gasteiger partial charge is 0.271 e. The molecule has 18 heavy (non-hydrogen) atoms. The summed E-state index contributed by atoms with van der Waals surface area (Å²) in [6, 6.07) is 3.19. The van der Waals surface area contributed by atoms with Gasteiger partial charge >= 0.3 is 6.18 Å². The summed E-state index contributed by atoms with van der Waals surface area (Å²) < 4.78 is 49.5. The third kappa shape index (κ3) is 4.80. The van der Waals surface area contributed by atoms with Crippen molar-refractivity contribution in [3.8, 4) is 0 Å². The van der Waals surface area contributed by atoms with Crippen LogP contribution in [0.25, 0.3) is 0 Å². The van der Waals surface area contributed by atoms with Crippen molar-refractivity contribution < 1.29 is 17.6 Å². The van der Waals surface area contributed by atoms with Crippen LogP contribution in [0.2, 0.25) is 5.02 Å². The summed E-state index contributed by atoms with van der Waals surface area (Å²) in [6.07, 6.45) is -5.20. The Bertz CT molecular complexity index is 395. The van der Waals surface area contributed by atoms with Gasteiger partial charge in [-0.2, -0.15) is 13.2 Å². The number of alkyl halides is 3. The second kappa shape index (κ2) is 6.36. The highest BCUT2D eigenvalue weighted by molar-refractivity contribution is 6.30. The average molecular weight is 285 g/mol. The average Bonchev–Trinajstić information content (AvgIpc) is 2.27. The van der Waals surface area contributed by atoms with Crippen LogP contribution in [0.3, 0.4) is 0 Å². The first-order valence-electron chi connectivity index (χ1n) is 5.31. The molecule has 1 unspecified atom stereocenters. The van der Waals surface area contributed by atoms with Crippen molar-refractivity contribution in [3.63, 3.8) is 0 Å². The van der Waals surface area contributed by atoms with Gasteiger partial charge in [-0.15, -0.1) is 0 Å². The van der Waals surface area contributed by atoms with Gasteiger partial charge in [0.15, 0.2) is 0 Å². The van der Waals surface area contributed by atoms with E-state index in [4.69, 9.17) is 17.4 Å². The first-order chi connectivity index (χ1) is 8.33. The van der Waals surface area contributed by atoms with E-state index in [1.54, 1.807) is 0 Å². The largest absolute Gasteiger partial charge is 0.389 e. The number of rotatable bonds is 5. The van der Waals surface area contributed by atoms with Gasteiger partial charge in [-0.05, 0) is 31.0 Å². The van der Waals surface area contributed by atoms with Gasteiger partial charge in [0.2, 0.25) is 0 Å². The third-order valence-electron chi connectivity index (χ3n) is 2.49. The lowest BCUT2D eigenvalue weighted by Gasteiger charge is -2.17. The van der Waals surface area contributed by atoms with E-state index in [1.807, 2.05) is 0 Å². The zero-order valence-electron chi connectivity index (χ0n) is 9.40. The van der Waals surface area contributed by atoms with E-state index in [0.717, 1.165) is 6.07 Å². The Hall–Kier alpha value is -0.850. The Balaban J connectivity index is 2.68. The Morgan fingerprint density at radius 2 is 2.00 bits per heavy atom. The van der Waals surface area contributed by atoms with Crippen molar-refractivity contribution in [1.82, 2.24) is 5.43 Å². The quantitative estimate of drug-likeness (QED) is 0.491. The molecule has 2 nitrogen and oxygen atoms in total. The maximum Gasteiger partial charge on any atom is 0.389 e. The maximum absolute atomic E-state index is 13.5. The molecular formula is C11H13ClF4N2. The first kappa shape index (κ1) is 15.2. The van der Waals surface area contributed by atoms with Crippen LogP contribution in [0.1, 0.15) is 30.9 Å². The molecule has 0 aliphatic heterocycles. The standard InChI is InChI=1S/C11H13ClF4N2/c12-7-3-4-9(13)8(6-7)10(18-17)2-1-5-11(14,15)16/h3-4,6,10,18H,1-2,5,17H2. The molecule has 0 saturated carbocycles. The molecule has 0 radical (unpaired) electrons. The second-order valence-electron chi connectivity index (χ2n) is 3.89. The molecule has 0 heterocycles. The van der Waals surface area contributed by atoms with Gasteiger partial charge in [-0.25, -0.2) is 4.39 Å². The minimum Gasteiger partial charge on any atom is -0.271 e. The summed E-state index contributed by atoms with van der Waals surface area (Å²) in [5.41, 5.74) is 2.48. The molecule has 0 spiro atoms. The fourth-order valence-corrected chi connectivity index (χ4v) is 1.80. The number of hydrogen-bond donors (Lipinski definition) is 2. The molecule has 0 aromatic heterocycles. The van der Waals surface area contributed by atoms with Gasteiger partial charge in [0.1, 0.15) is 5.82 Å². The molecule has 1 aromatic rings. The minimum absolute atomic E-state index is 0.0767. The van der Waals surface area contributed by atoms with E-state index in [0.29, 0.717) is 5.02 Å². The lowest BCUT2D eigenvalue weighted by atomic mass is 10.0. The van der Waals surface area contributed by atoms with E-state index in [9.17, 15) is 17.6 Å². The number of nitrogens with one attached hydrogen (secondary N) is 1. The predicted octanol–water partition coefficient (Wildman–Crippen LogP) is 3.72. The van der Waals surface area contributed by atoms with Crippen molar-refractivity contribution in [1.29, 1.82) is 0 Å². The van der Waals surface area contributed by atoms with Crippen molar-refractivity contribution >= 4 is 11.6 Å². The van der Waals surface area contributed by atoms with Gasteiger partial charge in [0.25, 0.3) is 0 Å². The van der Waals surface area contributed by atoms with Crippen molar-refractivity contribution in [2.45, 2.75) is 31.5 Å². The summed E-state index contributed by atoms with van der Waals surface area (Å²) in [7, 11) is 0. The van der Waals surface area contributed by atoms with Crippen LogP contribution in [-0.4, -0.2) is 6.18 Å². The molecular weight excluding hydrogens is 272 g/mol. The Morgan fingerprint density at radius 3 is 2.56 bits per heavy atom. The van der Waals surface area contributed by atoms with Crippen molar-refractivity contribution in [3.05, 3.63) is 34.6 Å². The number of hydrogen-bond acceptors (Lipinski definition) is 2. The molecule has 7 heteroatoms. The predicted molar refractivity (Wildman–Crippen MR) is 61.4 cm³/mol. The normalized spacial score (nSPS) is 13.7. The van der Waals surface area contributed by atoms with Crippen LogP contribution in [-0.2, 0) is 0 Å². The molecule has 3 N–H and O–H groups in total. The van der Waals surface area contributed by atoms with Crippen LogP contribution >= 0.6 is 11.6 Å². The summed E-state index contributed by atoms with van der Waals surface area (Å²) in [5, 5.41) is 0.308. The summed E-state index contributed by atoms with van der Waals surface area (Å²) in [6.45, 7) is 0. The van der Waals surface area contributed by atoms with E-state index >= 15 is 0 Å². The molecule has 0 aliphatic carbocycles. The van der Waals surface area contributed by atoms with Crippen LogP contribution in [0.4, 0.5) is 17.6 Å². The van der Waals surface area contributed by atoms with Crippen LogP contribution in [0, 0.1) is 5.82 Å². The Morgan fingerprint density at radius 1 is 1.33 bits per heavy atom. The van der Waals surface area contributed by atoms with Crippen LogP contribution < -0.4 is 11.3 Å². The van der Waals surface area contributed by atoms with Crippen LogP contribution in [0.5, 0.6) is 0 Å². The molecule has 1 atom stereocenters. The molecule has 102 valence electrons. The highest BCUT2D eigenvalue weighted by Gasteiger charge is 2.27. The van der Waals surface area contributed by atoms with Gasteiger partial charge < -0.3 is 0 Å². The number of hydrazine groups is 1. The van der Waals surface area contributed by atoms with Gasteiger partial charge in [-0.3, -0.25) is 11.3 Å².